The second-order valence-corrected chi connectivity index (χ2v) is 10.4. The molecule has 140 valence electrons. The first-order valence-electron chi connectivity index (χ1n) is 8.27. The van der Waals surface area contributed by atoms with E-state index in [1.165, 1.54) is 28.6 Å². The molecule has 0 fully saturated rings. The largest absolute Gasteiger partial charge is 0.373 e. The Morgan fingerprint density at radius 1 is 0.885 bits per heavy atom. The molecule has 0 saturated carbocycles. The lowest BCUT2D eigenvalue weighted by Crippen LogP contribution is -2.38. The molecular weight excluding hydrogens is 372 g/mol. The van der Waals surface area contributed by atoms with Gasteiger partial charge in [0.2, 0.25) is 0 Å². The SMILES string of the molecule is CC1CCN(C)c2ccccc2N1S(=O)(=O)c1ccc(S(C)(=O)=O)cc1. The fraction of sp³-hybridized carbons (Fsp3) is 0.333. The van der Waals surface area contributed by atoms with Gasteiger partial charge in [-0.3, -0.25) is 4.31 Å². The van der Waals surface area contributed by atoms with E-state index in [0.29, 0.717) is 12.1 Å². The summed E-state index contributed by atoms with van der Waals surface area (Å²) in [6.45, 7) is 2.63. The van der Waals surface area contributed by atoms with Crippen LogP contribution in [0.25, 0.3) is 0 Å². The Balaban J connectivity index is 2.12. The summed E-state index contributed by atoms with van der Waals surface area (Å²) < 4.78 is 51.4. The maximum absolute atomic E-state index is 13.3. The summed E-state index contributed by atoms with van der Waals surface area (Å²) in [6, 6.07) is 12.6. The van der Waals surface area contributed by atoms with Crippen LogP contribution in [0.15, 0.2) is 58.3 Å². The third-order valence-corrected chi connectivity index (χ3v) is 7.69. The molecule has 0 radical (unpaired) electrons. The number of hydrogen-bond donors (Lipinski definition) is 0. The molecule has 3 rings (SSSR count). The van der Waals surface area contributed by atoms with E-state index in [2.05, 4.69) is 0 Å². The number of benzene rings is 2. The van der Waals surface area contributed by atoms with Gasteiger partial charge in [0.1, 0.15) is 0 Å². The molecule has 8 heteroatoms. The van der Waals surface area contributed by atoms with Crippen molar-refractivity contribution in [2.75, 3.05) is 29.1 Å². The second kappa shape index (κ2) is 6.59. The molecule has 26 heavy (non-hydrogen) atoms. The zero-order chi connectivity index (χ0) is 19.1. The van der Waals surface area contributed by atoms with Gasteiger partial charge < -0.3 is 4.90 Å². The van der Waals surface area contributed by atoms with Gasteiger partial charge in [0.15, 0.2) is 9.84 Å². The van der Waals surface area contributed by atoms with Crippen molar-refractivity contribution in [3.63, 3.8) is 0 Å². The molecule has 2 aromatic carbocycles. The molecule has 0 aromatic heterocycles. The van der Waals surface area contributed by atoms with E-state index in [4.69, 9.17) is 0 Å². The minimum atomic E-state index is -3.82. The number of para-hydroxylation sites is 2. The Bertz CT molecular complexity index is 1020. The molecular formula is C18H22N2O4S2. The van der Waals surface area contributed by atoms with Crippen LogP contribution in [0, 0.1) is 0 Å². The normalized spacial score (nSPS) is 18.3. The summed E-state index contributed by atoms with van der Waals surface area (Å²) in [6.07, 6.45) is 1.78. The van der Waals surface area contributed by atoms with Crippen LogP contribution in [0.3, 0.4) is 0 Å². The van der Waals surface area contributed by atoms with Crippen LogP contribution in [0.5, 0.6) is 0 Å². The molecule has 1 unspecified atom stereocenters. The maximum Gasteiger partial charge on any atom is 0.264 e. The van der Waals surface area contributed by atoms with Gasteiger partial charge in [0.25, 0.3) is 10.0 Å². The third-order valence-electron chi connectivity index (χ3n) is 4.62. The van der Waals surface area contributed by atoms with Crippen LogP contribution in [0.1, 0.15) is 13.3 Å². The Kier molecular flexibility index (Phi) is 4.74. The van der Waals surface area contributed by atoms with Crippen molar-refractivity contribution in [2.24, 2.45) is 0 Å². The number of anilines is 2. The minimum Gasteiger partial charge on any atom is -0.373 e. The lowest BCUT2D eigenvalue weighted by Gasteiger charge is -2.29. The van der Waals surface area contributed by atoms with Crippen LogP contribution in [-0.4, -0.2) is 42.7 Å². The highest BCUT2D eigenvalue weighted by Crippen LogP contribution is 2.37. The summed E-state index contributed by atoms with van der Waals surface area (Å²) in [4.78, 5) is 2.23. The first-order chi connectivity index (χ1) is 12.1. The van der Waals surface area contributed by atoms with Crippen molar-refractivity contribution in [1.82, 2.24) is 0 Å². The monoisotopic (exact) mass is 394 g/mol. The fourth-order valence-corrected chi connectivity index (χ4v) is 5.50. The lowest BCUT2D eigenvalue weighted by molar-refractivity contribution is 0.574. The van der Waals surface area contributed by atoms with Crippen molar-refractivity contribution >= 4 is 31.2 Å². The van der Waals surface area contributed by atoms with Crippen LogP contribution >= 0.6 is 0 Å². The van der Waals surface area contributed by atoms with E-state index >= 15 is 0 Å². The number of hydrogen-bond acceptors (Lipinski definition) is 5. The second-order valence-electron chi connectivity index (χ2n) is 6.59. The van der Waals surface area contributed by atoms with Crippen LogP contribution in [-0.2, 0) is 19.9 Å². The van der Waals surface area contributed by atoms with E-state index < -0.39 is 19.9 Å². The predicted octanol–water partition coefficient (Wildman–Crippen LogP) is 2.51. The highest BCUT2D eigenvalue weighted by Gasteiger charge is 2.33. The number of sulfone groups is 1. The molecule has 6 nitrogen and oxygen atoms in total. The van der Waals surface area contributed by atoms with Gasteiger partial charge in [0.05, 0.1) is 21.2 Å². The summed E-state index contributed by atoms with van der Waals surface area (Å²) in [5, 5.41) is 0. The van der Waals surface area contributed by atoms with E-state index in [0.717, 1.165) is 18.5 Å². The average molecular weight is 395 g/mol. The highest BCUT2D eigenvalue weighted by atomic mass is 32.2. The Labute approximate surface area is 155 Å². The molecule has 0 aliphatic carbocycles. The molecule has 1 atom stereocenters. The summed E-state index contributed by atoms with van der Waals surface area (Å²) >= 11 is 0. The predicted molar refractivity (Wildman–Crippen MR) is 103 cm³/mol. The van der Waals surface area contributed by atoms with Gasteiger partial charge >= 0.3 is 0 Å². The van der Waals surface area contributed by atoms with E-state index in [-0.39, 0.29) is 15.8 Å². The lowest BCUT2D eigenvalue weighted by atomic mass is 10.2. The summed E-state index contributed by atoms with van der Waals surface area (Å²) in [5.41, 5.74) is 1.49. The van der Waals surface area contributed by atoms with Crippen LogP contribution in [0.2, 0.25) is 0 Å². The van der Waals surface area contributed by atoms with Gasteiger partial charge in [0, 0.05) is 25.9 Å². The zero-order valence-electron chi connectivity index (χ0n) is 15.0. The topological polar surface area (TPSA) is 74.8 Å². The molecule has 1 aliphatic heterocycles. The average Bonchev–Trinajstić information content (AvgIpc) is 2.71. The van der Waals surface area contributed by atoms with Crippen molar-refractivity contribution in [2.45, 2.75) is 29.2 Å². The molecule has 0 amide bonds. The number of nitrogens with zero attached hydrogens (tertiary/aromatic N) is 2. The maximum atomic E-state index is 13.3. The van der Waals surface area contributed by atoms with Gasteiger partial charge in [-0.2, -0.15) is 0 Å². The Hall–Kier alpha value is -2.06. The molecule has 0 N–H and O–H groups in total. The molecule has 0 spiro atoms. The number of rotatable bonds is 3. The van der Waals surface area contributed by atoms with Crippen molar-refractivity contribution in [1.29, 1.82) is 0 Å². The zero-order valence-corrected chi connectivity index (χ0v) is 16.6. The minimum absolute atomic E-state index is 0.0797. The molecule has 0 saturated heterocycles. The molecule has 1 heterocycles. The van der Waals surface area contributed by atoms with Crippen LogP contribution in [0.4, 0.5) is 11.4 Å². The smallest absolute Gasteiger partial charge is 0.264 e. The Morgan fingerprint density at radius 2 is 1.42 bits per heavy atom. The van der Waals surface area contributed by atoms with Crippen molar-refractivity contribution in [3.8, 4) is 0 Å². The van der Waals surface area contributed by atoms with Crippen molar-refractivity contribution < 1.29 is 16.8 Å². The fourth-order valence-electron chi connectivity index (χ4n) is 3.17. The molecule has 1 aliphatic rings. The van der Waals surface area contributed by atoms with Gasteiger partial charge in [-0.05, 0) is 49.7 Å². The summed E-state index contributed by atoms with van der Waals surface area (Å²) in [7, 11) is -5.25. The first kappa shape index (κ1) is 18.7. The first-order valence-corrected chi connectivity index (χ1v) is 11.6. The highest BCUT2D eigenvalue weighted by molar-refractivity contribution is 7.93. The van der Waals surface area contributed by atoms with E-state index in [1.807, 2.05) is 37.1 Å². The van der Waals surface area contributed by atoms with Gasteiger partial charge in [-0.25, -0.2) is 16.8 Å². The number of fused-ring (bicyclic) bond motifs is 1. The van der Waals surface area contributed by atoms with Crippen molar-refractivity contribution in [3.05, 3.63) is 48.5 Å². The van der Waals surface area contributed by atoms with E-state index in [1.54, 1.807) is 6.07 Å². The third kappa shape index (κ3) is 3.31. The van der Waals surface area contributed by atoms with Gasteiger partial charge in [-0.1, -0.05) is 12.1 Å². The summed E-state index contributed by atoms with van der Waals surface area (Å²) in [5.74, 6) is 0. The Morgan fingerprint density at radius 3 is 2.00 bits per heavy atom. The van der Waals surface area contributed by atoms with Crippen LogP contribution < -0.4 is 9.21 Å². The quantitative estimate of drug-likeness (QED) is 0.800. The molecule has 2 aromatic rings. The standard InChI is InChI=1S/C18H22N2O4S2/c1-14-12-13-19(2)17-6-4-5-7-18(17)20(14)26(23,24)16-10-8-15(9-11-16)25(3,21)22/h4-11,14H,12-13H2,1-3H3. The number of sulfonamides is 1. The van der Waals surface area contributed by atoms with E-state index in [9.17, 15) is 16.8 Å². The molecule has 0 bridgehead atoms. The van der Waals surface area contributed by atoms with Gasteiger partial charge in [-0.15, -0.1) is 0 Å².